The van der Waals surface area contributed by atoms with Crippen molar-refractivity contribution in [2.45, 2.75) is 45.3 Å². The van der Waals surface area contributed by atoms with E-state index in [0.717, 1.165) is 17.7 Å². The first-order valence-electron chi connectivity index (χ1n) is 10.9. The molecule has 0 amide bonds. The monoisotopic (exact) mass is 474 g/mol. The van der Waals surface area contributed by atoms with Gasteiger partial charge in [-0.2, -0.15) is 4.98 Å². The predicted octanol–water partition coefficient (Wildman–Crippen LogP) is 3.82. The maximum atomic E-state index is 12.9. The number of carbonyl (C=O) groups is 2. The minimum absolute atomic E-state index is 0.0875. The van der Waals surface area contributed by atoms with Crippen LogP contribution in [-0.2, 0) is 19.1 Å². The number of rotatable bonds is 10. The second-order valence-electron chi connectivity index (χ2n) is 7.91. The molecule has 1 aliphatic rings. The zero-order valence-electron chi connectivity index (χ0n) is 19.6. The van der Waals surface area contributed by atoms with Gasteiger partial charge in [-0.15, -0.1) is 5.10 Å². The molecule has 0 radical (unpaired) electrons. The van der Waals surface area contributed by atoms with Crippen LogP contribution in [0.15, 0.2) is 40.7 Å². The Morgan fingerprint density at radius 1 is 1.24 bits per heavy atom. The molecule has 0 aliphatic carbocycles. The Balaban J connectivity index is 1.92. The number of hydrogen-bond acceptors (Lipinski definition) is 9. The highest BCUT2D eigenvalue weighted by Crippen LogP contribution is 2.37. The number of anilines is 1. The number of ether oxygens (including phenoxy) is 3. The van der Waals surface area contributed by atoms with E-state index < -0.39 is 12.0 Å². The quantitative estimate of drug-likeness (QED) is 0.406. The molecule has 178 valence electrons. The molecule has 2 heterocycles. The third-order valence-corrected chi connectivity index (χ3v) is 5.85. The summed E-state index contributed by atoms with van der Waals surface area (Å²) in [5, 5.41) is 8.10. The number of methoxy groups -OCH3 is 1. The zero-order chi connectivity index (χ0) is 24.0. The Hall–Kier alpha value is -3.01. The SMILES string of the molecule is CCOC(=O)C1=C(C)Nc2nc(SCC(=O)OC)nn2[C@H]1c1ccc(OCCC(C)C)cc1. The summed E-state index contributed by atoms with van der Waals surface area (Å²) in [5.41, 5.74) is 1.93. The topological polar surface area (TPSA) is 105 Å². The second-order valence-corrected chi connectivity index (χ2v) is 8.86. The van der Waals surface area contributed by atoms with Gasteiger partial charge in [-0.25, -0.2) is 9.48 Å². The Labute approximate surface area is 197 Å². The highest BCUT2D eigenvalue weighted by atomic mass is 32.2. The van der Waals surface area contributed by atoms with E-state index in [4.69, 9.17) is 9.47 Å². The number of fused-ring (bicyclic) bond motifs is 1. The highest BCUT2D eigenvalue weighted by Gasteiger charge is 2.35. The molecular formula is C23H30N4O5S. The van der Waals surface area contributed by atoms with Crippen LogP contribution in [-0.4, -0.2) is 52.8 Å². The third-order valence-electron chi connectivity index (χ3n) is 5.04. The molecule has 9 nitrogen and oxygen atoms in total. The van der Waals surface area contributed by atoms with Gasteiger partial charge in [-0.3, -0.25) is 4.79 Å². The van der Waals surface area contributed by atoms with E-state index in [1.165, 1.54) is 18.9 Å². The number of allylic oxidation sites excluding steroid dienone is 1. The van der Waals surface area contributed by atoms with Gasteiger partial charge in [0.05, 0.1) is 31.6 Å². The van der Waals surface area contributed by atoms with Crippen molar-refractivity contribution in [3.63, 3.8) is 0 Å². The Bertz CT molecular complexity index is 1020. The van der Waals surface area contributed by atoms with E-state index in [-0.39, 0.29) is 18.3 Å². The molecule has 0 bridgehead atoms. The van der Waals surface area contributed by atoms with Crippen LogP contribution in [0.5, 0.6) is 5.75 Å². The summed E-state index contributed by atoms with van der Waals surface area (Å²) in [4.78, 5) is 28.9. The summed E-state index contributed by atoms with van der Waals surface area (Å²) in [5.74, 6) is 1.11. The van der Waals surface area contributed by atoms with E-state index in [9.17, 15) is 9.59 Å². The summed E-state index contributed by atoms with van der Waals surface area (Å²) < 4.78 is 17.5. The molecule has 1 aromatic carbocycles. The minimum atomic E-state index is -0.537. The average Bonchev–Trinajstić information content (AvgIpc) is 3.19. The molecule has 0 unspecified atom stereocenters. The summed E-state index contributed by atoms with van der Waals surface area (Å²) in [7, 11) is 1.33. The molecule has 0 saturated heterocycles. The number of esters is 2. The van der Waals surface area contributed by atoms with Crippen molar-refractivity contribution < 1.29 is 23.8 Å². The molecule has 3 rings (SSSR count). The number of nitrogens with one attached hydrogen (secondary N) is 1. The predicted molar refractivity (Wildman–Crippen MR) is 125 cm³/mol. The molecule has 2 aromatic rings. The van der Waals surface area contributed by atoms with Gasteiger partial charge in [-0.1, -0.05) is 37.7 Å². The van der Waals surface area contributed by atoms with Crippen molar-refractivity contribution >= 4 is 29.6 Å². The fraction of sp³-hybridized carbons (Fsp3) is 0.478. The maximum Gasteiger partial charge on any atom is 0.338 e. The molecule has 1 N–H and O–H groups in total. The Kier molecular flexibility index (Phi) is 8.37. The van der Waals surface area contributed by atoms with Crippen LogP contribution in [0.3, 0.4) is 0 Å². The lowest BCUT2D eigenvalue weighted by Crippen LogP contribution is -2.29. The van der Waals surface area contributed by atoms with Crippen molar-refractivity contribution in [3.05, 3.63) is 41.1 Å². The minimum Gasteiger partial charge on any atom is -0.494 e. The van der Waals surface area contributed by atoms with Crippen molar-refractivity contribution in [1.82, 2.24) is 14.8 Å². The lowest BCUT2D eigenvalue weighted by Gasteiger charge is -2.28. The maximum absolute atomic E-state index is 12.9. The summed E-state index contributed by atoms with van der Waals surface area (Å²) in [6.07, 6.45) is 0.972. The molecule has 1 aliphatic heterocycles. The molecule has 0 saturated carbocycles. The summed E-state index contributed by atoms with van der Waals surface area (Å²) >= 11 is 1.17. The third kappa shape index (κ3) is 6.07. The smallest absolute Gasteiger partial charge is 0.338 e. The number of benzene rings is 1. The van der Waals surface area contributed by atoms with Crippen LogP contribution in [0.4, 0.5) is 5.95 Å². The second kappa shape index (κ2) is 11.2. The van der Waals surface area contributed by atoms with Crippen molar-refractivity contribution in [3.8, 4) is 5.75 Å². The average molecular weight is 475 g/mol. The number of hydrogen-bond donors (Lipinski definition) is 1. The first-order chi connectivity index (χ1) is 15.8. The van der Waals surface area contributed by atoms with Crippen LogP contribution < -0.4 is 10.1 Å². The number of thioether (sulfide) groups is 1. The first kappa shape index (κ1) is 24.6. The van der Waals surface area contributed by atoms with Gasteiger partial charge in [0.1, 0.15) is 11.8 Å². The molecule has 1 atom stereocenters. The molecular weight excluding hydrogens is 444 g/mol. The van der Waals surface area contributed by atoms with Gasteiger partial charge >= 0.3 is 11.9 Å². The van der Waals surface area contributed by atoms with Gasteiger partial charge < -0.3 is 19.5 Å². The van der Waals surface area contributed by atoms with Crippen LogP contribution in [0.2, 0.25) is 0 Å². The van der Waals surface area contributed by atoms with Crippen LogP contribution in [0.25, 0.3) is 0 Å². The van der Waals surface area contributed by atoms with E-state index in [1.807, 2.05) is 31.2 Å². The molecule has 0 spiro atoms. The lowest BCUT2D eigenvalue weighted by atomic mass is 9.96. The van der Waals surface area contributed by atoms with Crippen molar-refractivity contribution in [2.75, 3.05) is 31.4 Å². The number of aromatic nitrogens is 3. The van der Waals surface area contributed by atoms with Crippen LogP contribution >= 0.6 is 11.8 Å². The standard InChI is InChI=1S/C23H30N4O5S/c1-6-31-21(29)19-15(4)24-22-25-23(33-13-18(28)30-5)26-27(22)20(19)16-7-9-17(10-8-16)32-12-11-14(2)3/h7-10,14,20H,6,11-13H2,1-5H3,(H,24,25,26)/t20-/m0/s1. The van der Waals surface area contributed by atoms with Gasteiger partial charge in [0.2, 0.25) is 11.1 Å². The van der Waals surface area contributed by atoms with Crippen molar-refractivity contribution in [1.29, 1.82) is 0 Å². The Morgan fingerprint density at radius 3 is 2.61 bits per heavy atom. The Morgan fingerprint density at radius 2 is 1.97 bits per heavy atom. The molecule has 1 aromatic heterocycles. The summed E-state index contributed by atoms with van der Waals surface area (Å²) in [6.45, 7) is 8.79. The van der Waals surface area contributed by atoms with Gasteiger partial charge in [-0.05, 0) is 43.9 Å². The van der Waals surface area contributed by atoms with Crippen molar-refractivity contribution in [2.24, 2.45) is 5.92 Å². The van der Waals surface area contributed by atoms with E-state index in [0.29, 0.717) is 34.9 Å². The molecule has 10 heteroatoms. The summed E-state index contributed by atoms with van der Waals surface area (Å²) in [6, 6.07) is 7.07. The van der Waals surface area contributed by atoms with Crippen LogP contribution in [0.1, 0.15) is 45.7 Å². The number of carbonyl (C=O) groups excluding carboxylic acids is 2. The first-order valence-corrected chi connectivity index (χ1v) is 11.9. The molecule has 33 heavy (non-hydrogen) atoms. The fourth-order valence-electron chi connectivity index (χ4n) is 3.32. The van der Waals surface area contributed by atoms with E-state index >= 15 is 0 Å². The largest absolute Gasteiger partial charge is 0.494 e. The number of nitrogens with zero attached hydrogens (tertiary/aromatic N) is 3. The van der Waals surface area contributed by atoms with E-state index in [2.05, 4.69) is 34.0 Å². The highest BCUT2D eigenvalue weighted by molar-refractivity contribution is 7.99. The van der Waals surface area contributed by atoms with Gasteiger partial charge in [0.15, 0.2) is 0 Å². The zero-order valence-corrected chi connectivity index (χ0v) is 20.4. The molecule has 0 fully saturated rings. The fourth-order valence-corrected chi connectivity index (χ4v) is 3.98. The van der Waals surface area contributed by atoms with Gasteiger partial charge in [0.25, 0.3) is 0 Å². The normalized spacial score (nSPS) is 15.2. The van der Waals surface area contributed by atoms with Crippen LogP contribution in [0, 0.1) is 5.92 Å². The van der Waals surface area contributed by atoms with E-state index in [1.54, 1.807) is 11.6 Å². The lowest BCUT2D eigenvalue weighted by molar-refractivity contribution is -0.139. The van der Waals surface area contributed by atoms with Gasteiger partial charge in [0, 0.05) is 5.70 Å².